The highest BCUT2D eigenvalue weighted by atomic mass is 35.5. The number of carbonyl (C=O) groups is 1. The molecule has 0 bridgehead atoms. The van der Waals surface area contributed by atoms with Crippen molar-refractivity contribution in [3.05, 3.63) is 64.1 Å². The number of amides is 1. The summed E-state index contributed by atoms with van der Waals surface area (Å²) in [6.45, 7) is 1.59. The number of carbonyl (C=O) groups excluding carboxylic acids is 1. The van der Waals surface area contributed by atoms with Gasteiger partial charge < -0.3 is 4.90 Å². The van der Waals surface area contributed by atoms with E-state index in [9.17, 15) is 4.79 Å². The Kier molecular flexibility index (Phi) is 4.73. The van der Waals surface area contributed by atoms with Crippen LogP contribution in [-0.2, 0) is 0 Å². The van der Waals surface area contributed by atoms with Gasteiger partial charge in [0.2, 0.25) is 0 Å². The van der Waals surface area contributed by atoms with Crippen molar-refractivity contribution in [2.75, 3.05) is 13.1 Å². The number of aromatic nitrogens is 1. The smallest absolute Gasteiger partial charge is 0.253 e. The fourth-order valence-corrected chi connectivity index (χ4v) is 4.35. The van der Waals surface area contributed by atoms with Crippen molar-refractivity contribution < 1.29 is 4.79 Å². The first-order chi connectivity index (χ1) is 12.2. The number of thiazole rings is 1. The van der Waals surface area contributed by atoms with Crippen LogP contribution in [0.25, 0.3) is 10.2 Å². The summed E-state index contributed by atoms with van der Waals surface area (Å²) >= 11 is 7.59. The molecule has 1 amide bonds. The van der Waals surface area contributed by atoms with E-state index >= 15 is 0 Å². The summed E-state index contributed by atoms with van der Waals surface area (Å²) in [5.41, 5.74) is 4.80. The quantitative estimate of drug-likeness (QED) is 0.608. The number of fused-ring (bicyclic) bond motifs is 1. The van der Waals surface area contributed by atoms with Gasteiger partial charge in [0, 0.05) is 29.6 Å². The average molecular weight is 371 g/mol. The molecule has 0 aliphatic carbocycles. The van der Waals surface area contributed by atoms with E-state index in [0.717, 1.165) is 53.2 Å². The summed E-state index contributed by atoms with van der Waals surface area (Å²) in [7, 11) is 0. The Balaban J connectivity index is 1.57. The van der Waals surface area contributed by atoms with Crippen LogP contribution in [-0.4, -0.2) is 28.9 Å². The Hall–Kier alpha value is -1.91. The predicted molar refractivity (Wildman–Crippen MR) is 104 cm³/mol. The van der Waals surface area contributed by atoms with Gasteiger partial charge in [0.25, 0.3) is 5.91 Å². The van der Waals surface area contributed by atoms with Gasteiger partial charge in [0.1, 0.15) is 0 Å². The van der Waals surface area contributed by atoms with E-state index in [1.807, 2.05) is 40.7 Å². The van der Waals surface area contributed by atoms with Crippen LogP contribution in [0, 0.1) is 0 Å². The first kappa shape index (κ1) is 16.6. The van der Waals surface area contributed by atoms with E-state index in [-0.39, 0.29) is 5.91 Å². The molecule has 2 aromatic carbocycles. The lowest BCUT2D eigenvalue weighted by molar-refractivity contribution is 0.0754. The van der Waals surface area contributed by atoms with Crippen LogP contribution >= 0.6 is 22.9 Å². The number of hydrogen-bond donors (Lipinski definition) is 0. The second kappa shape index (κ2) is 7.14. The van der Waals surface area contributed by atoms with Crippen LogP contribution in [0.5, 0.6) is 0 Å². The monoisotopic (exact) mass is 370 g/mol. The van der Waals surface area contributed by atoms with Crippen molar-refractivity contribution in [2.45, 2.75) is 25.2 Å². The zero-order valence-electron chi connectivity index (χ0n) is 13.8. The van der Waals surface area contributed by atoms with Gasteiger partial charge in [0.05, 0.1) is 15.7 Å². The molecule has 3 nitrogen and oxygen atoms in total. The van der Waals surface area contributed by atoms with E-state index in [2.05, 4.69) is 17.1 Å². The van der Waals surface area contributed by atoms with Crippen molar-refractivity contribution in [3.8, 4) is 0 Å². The van der Waals surface area contributed by atoms with Gasteiger partial charge in [-0.1, -0.05) is 30.2 Å². The third-order valence-corrected chi connectivity index (χ3v) is 5.92. The molecule has 2 heterocycles. The summed E-state index contributed by atoms with van der Waals surface area (Å²) in [5.74, 6) is 0.493. The van der Waals surface area contributed by atoms with Crippen molar-refractivity contribution in [1.29, 1.82) is 0 Å². The number of nitrogens with zero attached hydrogens (tertiary/aromatic N) is 2. The summed E-state index contributed by atoms with van der Waals surface area (Å²) in [4.78, 5) is 19.3. The molecule has 25 heavy (non-hydrogen) atoms. The Morgan fingerprint density at radius 1 is 1.16 bits per heavy atom. The van der Waals surface area contributed by atoms with Crippen LogP contribution < -0.4 is 0 Å². The topological polar surface area (TPSA) is 33.2 Å². The molecule has 0 spiro atoms. The SMILES string of the molecule is O=C(c1ccc2ncsc2c1)N1CCCCC(c2ccc(Cl)cc2)C1. The van der Waals surface area contributed by atoms with Crippen molar-refractivity contribution in [1.82, 2.24) is 9.88 Å². The number of halogens is 1. The first-order valence-electron chi connectivity index (χ1n) is 8.59. The highest BCUT2D eigenvalue weighted by Crippen LogP contribution is 2.29. The van der Waals surface area contributed by atoms with Crippen LogP contribution in [0.4, 0.5) is 0 Å². The Bertz CT molecular complexity index is 890. The van der Waals surface area contributed by atoms with Gasteiger partial charge in [0.15, 0.2) is 0 Å². The van der Waals surface area contributed by atoms with Crippen molar-refractivity contribution in [2.24, 2.45) is 0 Å². The van der Waals surface area contributed by atoms with Crippen LogP contribution in [0.15, 0.2) is 48.0 Å². The molecule has 1 saturated heterocycles. The Labute approximate surface area is 156 Å². The van der Waals surface area contributed by atoms with E-state index in [1.54, 1.807) is 11.3 Å². The minimum absolute atomic E-state index is 0.121. The predicted octanol–water partition coefficient (Wildman–Crippen LogP) is 5.36. The molecule has 128 valence electrons. The molecular weight excluding hydrogens is 352 g/mol. The molecule has 0 N–H and O–H groups in total. The highest BCUT2D eigenvalue weighted by Gasteiger charge is 2.24. The summed E-state index contributed by atoms with van der Waals surface area (Å²) in [6, 6.07) is 13.9. The molecule has 0 saturated carbocycles. The van der Waals surface area contributed by atoms with Gasteiger partial charge >= 0.3 is 0 Å². The summed E-state index contributed by atoms with van der Waals surface area (Å²) in [6.07, 6.45) is 3.31. The van der Waals surface area contributed by atoms with Gasteiger partial charge in [-0.25, -0.2) is 4.98 Å². The van der Waals surface area contributed by atoms with Crippen LogP contribution in [0.2, 0.25) is 5.02 Å². The molecule has 5 heteroatoms. The van der Waals surface area contributed by atoms with Gasteiger partial charge in [-0.05, 0) is 48.7 Å². The lowest BCUT2D eigenvalue weighted by Gasteiger charge is -2.25. The van der Waals surface area contributed by atoms with Gasteiger partial charge in [-0.2, -0.15) is 0 Å². The van der Waals surface area contributed by atoms with E-state index in [0.29, 0.717) is 5.92 Å². The van der Waals surface area contributed by atoms with Gasteiger partial charge in [-0.15, -0.1) is 11.3 Å². The summed E-state index contributed by atoms with van der Waals surface area (Å²) < 4.78 is 1.06. The second-order valence-corrected chi connectivity index (χ2v) is 7.85. The zero-order chi connectivity index (χ0) is 17.2. The number of benzene rings is 2. The van der Waals surface area contributed by atoms with Gasteiger partial charge in [-0.3, -0.25) is 4.79 Å². The Morgan fingerprint density at radius 3 is 2.84 bits per heavy atom. The fourth-order valence-electron chi connectivity index (χ4n) is 3.50. The molecule has 3 aromatic rings. The van der Waals surface area contributed by atoms with E-state index < -0.39 is 0 Å². The van der Waals surface area contributed by atoms with Crippen molar-refractivity contribution in [3.63, 3.8) is 0 Å². The molecular formula is C20H19ClN2OS. The Morgan fingerprint density at radius 2 is 2.00 bits per heavy atom. The van der Waals surface area contributed by atoms with Crippen LogP contribution in [0.1, 0.15) is 41.1 Å². The normalized spacial score (nSPS) is 18.3. The lowest BCUT2D eigenvalue weighted by atomic mass is 9.94. The number of likely N-dealkylation sites (tertiary alicyclic amines) is 1. The fraction of sp³-hybridized carbons (Fsp3) is 0.300. The maximum absolute atomic E-state index is 13.0. The highest BCUT2D eigenvalue weighted by molar-refractivity contribution is 7.16. The number of hydrogen-bond acceptors (Lipinski definition) is 3. The minimum Gasteiger partial charge on any atom is -0.338 e. The molecule has 1 unspecified atom stereocenters. The van der Waals surface area contributed by atoms with E-state index in [1.165, 1.54) is 5.56 Å². The average Bonchev–Trinajstić information content (AvgIpc) is 2.97. The van der Waals surface area contributed by atoms with Crippen molar-refractivity contribution >= 4 is 39.1 Å². The largest absolute Gasteiger partial charge is 0.338 e. The van der Waals surface area contributed by atoms with E-state index in [4.69, 9.17) is 11.6 Å². The molecule has 1 aliphatic heterocycles. The lowest BCUT2D eigenvalue weighted by Crippen LogP contribution is -2.34. The maximum atomic E-state index is 13.0. The standard InChI is InChI=1S/C20H19ClN2OS/c21-17-7-4-14(5-8-17)16-3-1-2-10-23(12-16)20(24)15-6-9-18-19(11-15)25-13-22-18/h4-9,11,13,16H,1-3,10,12H2. The molecule has 0 radical (unpaired) electrons. The van der Waals surface area contributed by atoms with Crippen LogP contribution in [0.3, 0.4) is 0 Å². The second-order valence-electron chi connectivity index (χ2n) is 6.53. The molecule has 4 rings (SSSR count). The zero-order valence-corrected chi connectivity index (χ0v) is 15.4. The third-order valence-electron chi connectivity index (χ3n) is 4.88. The maximum Gasteiger partial charge on any atom is 0.253 e. The number of rotatable bonds is 2. The summed E-state index contributed by atoms with van der Waals surface area (Å²) in [5, 5.41) is 0.753. The molecule has 1 aliphatic rings. The minimum atomic E-state index is 0.121. The molecule has 1 aromatic heterocycles. The third kappa shape index (κ3) is 3.55. The first-order valence-corrected chi connectivity index (χ1v) is 9.84. The molecule has 1 fully saturated rings. The molecule has 1 atom stereocenters.